The number of hydrogen-bond donors (Lipinski definition) is 0. The lowest BCUT2D eigenvalue weighted by Crippen LogP contribution is -2.38. The zero-order chi connectivity index (χ0) is 20.3. The third kappa shape index (κ3) is 1.42. The van der Waals surface area contributed by atoms with Crippen molar-refractivity contribution in [3.8, 4) is 0 Å². The van der Waals surface area contributed by atoms with Crippen LogP contribution in [0.2, 0.25) is 0 Å². The molecule has 0 N–H and O–H groups in total. The Morgan fingerprint density at radius 3 is 1.26 bits per heavy atom. The third-order valence-electron chi connectivity index (χ3n) is 10.1. The molecular weight excluding hydrogens is 402 g/mol. The average molecular weight is 435 g/mol. The van der Waals surface area contributed by atoms with Crippen LogP contribution in [0, 0.1) is 16.2 Å². The molecule has 0 amide bonds. The second-order valence-corrected chi connectivity index (χ2v) is 20.4. The molecule has 5 aliphatic rings. The van der Waals surface area contributed by atoms with E-state index >= 15 is 0 Å². The van der Waals surface area contributed by atoms with Crippen LogP contribution in [-0.4, -0.2) is 11.3 Å². The van der Waals surface area contributed by atoms with Gasteiger partial charge in [-0.15, -0.1) is 0 Å². The normalized spacial score (nSPS) is 51.9. The number of hydrogen-bond acceptors (Lipinski definition) is 2. The Balaban J connectivity index is 1.94. The fourth-order valence-corrected chi connectivity index (χ4v) is 21.3. The van der Waals surface area contributed by atoms with Gasteiger partial charge in [-0.3, -0.25) is 0 Å². The predicted octanol–water partition coefficient (Wildman–Crippen LogP) is 7.93. The molecule has 4 heteroatoms. The maximum atomic E-state index is 6.69. The second kappa shape index (κ2) is 4.61. The molecule has 27 heavy (non-hydrogen) atoms. The van der Waals surface area contributed by atoms with Crippen molar-refractivity contribution < 1.29 is 0 Å². The van der Waals surface area contributed by atoms with Gasteiger partial charge in [0, 0.05) is 39.6 Å². The molecule has 0 nitrogen and oxygen atoms in total. The fraction of sp³-hybridized carbons (Fsp3) is 0.652. The number of fused-ring (bicyclic) bond motifs is 9. The summed E-state index contributed by atoms with van der Waals surface area (Å²) in [6, 6.07) is -3.47. The molecule has 0 aromatic heterocycles. The fourth-order valence-electron chi connectivity index (χ4n) is 8.09. The van der Waals surface area contributed by atoms with E-state index in [1.54, 1.807) is 43.5 Å². The Kier molecular flexibility index (Phi) is 3.29. The molecule has 2 unspecified atom stereocenters. The lowest BCUT2D eigenvalue weighted by atomic mass is 9.58. The van der Waals surface area contributed by atoms with Gasteiger partial charge >= 0.3 is 0 Å². The predicted molar refractivity (Wildman–Crippen MR) is 128 cm³/mol. The first-order valence-electron chi connectivity index (χ1n) is 10.3. The van der Waals surface area contributed by atoms with Crippen LogP contribution in [0.25, 0.3) is 0 Å². The van der Waals surface area contributed by atoms with Crippen LogP contribution in [0.5, 0.6) is 0 Å². The molecule has 5 rings (SSSR count). The highest BCUT2D eigenvalue weighted by Crippen LogP contribution is 2.96. The van der Waals surface area contributed by atoms with Crippen LogP contribution < -0.4 is 0 Å². The largest absolute Gasteiger partial charge is 0.0876 e. The van der Waals surface area contributed by atoms with E-state index in [1.165, 1.54) is 0 Å². The van der Waals surface area contributed by atoms with E-state index in [-0.39, 0.29) is 16.2 Å². The van der Waals surface area contributed by atoms with E-state index in [0.717, 1.165) is 0 Å². The van der Waals surface area contributed by atoms with E-state index in [1.807, 2.05) is 0 Å². The average Bonchev–Trinajstić information content (AvgIpc) is 3.13. The molecule has 4 heterocycles. The van der Waals surface area contributed by atoms with Crippen molar-refractivity contribution >= 4 is 35.7 Å². The smallest absolute Gasteiger partial charge is 0.0192 e. The zero-order valence-electron chi connectivity index (χ0n) is 18.4. The molecule has 0 aromatic carbocycles. The topological polar surface area (TPSA) is 0 Å². The minimum atomic E-state index is -1.74. The Bertz CT molecular complexity index is 1020. The van der Waals surface area contributed by atoms with E-state index in [0.29, 0.717) is 11.3 Å². The molecule has 1 aliphatic carbocycles. The Hall–Kier alpha value is 0.260. The highest BCUT2D eigenvalue weighted by molar-refractivity contribution is 8.22. The van der Waals surface area contributed by atoms with E-state index in [4.69, 9.17) is 23.6 Å². The van der Waals surface area contributed by atoms with Gasteiger partial charge < -0.3 is 0 Å². The molecule has 6 atom stereocenters. The molecule has 0 saturated heterocycles. The molecule has 0 saturated carbocycles. The van der Waals surface area contributed by atoms with Crippen molar-refractivity contribution in [2.45, 2.75) is 80.6 Å². The highest BCUT2D eigenvalue weighted by Gasteiger charge is 2.73. The quantitative estimate of drug-likeness (QED) is 0.355. The standard InChI is InChI=1S/C23H32P2S2/c1-11-13(3)24(26)15(5)22(11,9)19-17(24)18-20(21(19,7)8)23(10)12(2)14(4)25(18,27)16(23)6/h15-16H,1-10H3/t15?,16?,22-,23-,24-,25-/m0/s1. The van der Waals surface area contributed by atoms with Crippen LogP contribution >= 0.6 is 12.1 Å². The van der Waals surface area contributed by atoms with Crippen LogP contribution in [0.4, 0.5) is 0 Å². The molecule has 0 spiro atoms. The molecule has 0 aromatic rings. The van der Waals surface area contributed by atoms with Gasteiger partial charge in [-0.2, -0.15) is 0 Å². The number of allylic oxidation sites excluding steroid dienone is 8. The van der Waals surface area contributed by atoms with E-state index in [9.17, 15) is 0 Å². The summed E-state index contributed by atoms with van der Waals surface area (Å²) in [7, 11) is 0. The number of rotatable bonds is 0. The molecule has 0 radical (unpaired) electrons. The van der Waals surface area contributed by atoms with Crippen molar-refractivity contribution in [1.82, 2.24) is 0 Å². The Morgan fingerprint density at radius 1 is 0.667 bits per heavy atom. The summed E-state index contributed by atoms with van der Waals surface area (Å²) >= 11 is 13.4. The molecule has 4 aliphatic heterocycles. The third-order valence-corrected chi connectivity index (χ3v) is 23.0. The summed E-state index contributed by atoms with van der Waals surface area (Å²) in [5.41, 5.74) is 8.02. The minimum absolute atomic E-state index is 0.0850. The first-order chi connectivity index (χ1) is 12.2. The summed E-state index contributed by atoms with van der Waals surface area (Å²) in [6.07, 6.45) is 0. The van der Waals surface area contributed by atoms with Crippen LogP contribution in [-0.2, 0) is 23.6 Å². The van der Waals surface area contributed by atoms with Crippen molar-refractivity contribution in [2.75, 3.05) is 0 Å². The van der Waals surface area contributed by atoms with Crippen molar-refractivity contribution in [1.29, 1.82) is 0 Å². The van der Waals surface area contributed by atoms with Crippen LogP contribution in [0.1, 0.15) is 69.2 Å². The molecule has 146 valence electrons. The van der Waals surface area contributed by atoms with Gasteiger partial charge in [0.05, 0.1) is 0 Å². The first-order valence-corrected chi connectivity index (χ1v) is 16.0. The van der Waals surface area contributed by atoms with Gasteiger partial charge in [-0.1, -0.05) is 76.3 Å². The summed E-state index contributed by atoms with van der Waals surface area (Å²) < 4.78 is 0. The summed E-state index contributed by atoms with van der Waals surface area (Å²) in [5.74, 6) is 0. The summed E-state index contributed by atoms with van der Waals surface area (Å²) in [5, 5.41) is 6.39. The lowest BCUT2D eigenvalue weighted by Gasteiger charge is -2.45. The SMILES string of the molecule is CC1=C(C)[P@@]2(=S)C3=C(C(C)(C)C4=C3[P@]3(=S)C(C)=C(C)[C@@]4(C)C3C)[C@]1(C)C2C. The van der Waals surface area contributed by atoms with Crippen LogP contribution in [0.15, 0.2) is 43.5 Å². The lowest BCUT2D eigenvalue weighted by molar-refractivity contribution is 0.328. The molecule has 0 fully saturated rings. The van der Waals surface area contributed by atoms with Crippen molar-refractivity contribution in [3.63, 3.8) is 0 Å². The zero-order valence-corrected chi connectivity index (χ0v) is 21.8. The second-order valence-electron chi connectivity index (χ2n) is 10.6. The van der Waals surface area contributed by atoms with Gasteiger partial charge in [0.2, 0.25) is 0 Å². The van der Waals surface area contributed by atoms with Gasteiger partial charge in [0.1, 0.15) is 0 Å². The van der Waals surface area contributed by atoms with Crippen molar-refractivity contribution in [3.05, 3.63) is 43.5 Å². The van der Waals surface area contributed by atoms with E-state index < -0.39 is 12.1 Å². The van der Waals surface area contributed by atoms with Gasteiger partial charge in [0.15, 0.2) is 0 Å². The van der Waals surface area contributed by atoms with Crippen LogP contribution in [0.3, 0.4) is 0 Å². The first kappa shape index (κ1) is 19.2. The summed E-state index contributed by atoms with van der Waals surface area (Å²) in [6.45, 7) is 24.4. The maximum absolute atomic E-state index is 6.69. The Morgan fingerprint density at radius 2 is 0.963 bits per heavy atom. The monoisotopic (exact) mass is 434 g/mol. The van der Waals surface area contributed by atoms with E-state index in [2.05, 4.69) is 69.2 Å². The Labute approximate surface area is 175 Å². The minimum Gasteiger partial charge on any atom is -0.0876 e. The van der Waals surface area contributed by atoms with Gasteiger partial charge in [0.25, 0.3) is 0 Å². The summed E-state index contributed by atoms with van der Waals surface area (Å²) in [4.78, 5) is 0. The van der Waals surface area contributed by atoms with Crippen molar-refractivity contribution in [2.24, 2.45) is 16.2 Å². The van der Waals surface area contributed by atoms with Gasteiger partial charge in [-0.05, 0) is 60.1 Å². The molecular formula is C23H32P2S2. The molecule has 4 bridgehead atoms. The maximum Gasteiger partial charge on any atom is 0.0192 e. The van der Waals surface area contributed by atoms with Gasteiger partial charge in [-0.25, -0.2) is 0 Å². The highest BCUT2D eigenvalue weighted by atomic mass is 32.4.